The summed E-state index contributed by atoms with van der Waals surface area (Å²) in [5, 5.41) is 6.29. The Hall–Kier alpha value is -1.68. The van der Waals surface area contributed by atoms with Crippen LogP contribution in [0.25, 0.3) is 0 Å². The fraction of sp³-hybridized carbons (Fsp3) is 0.444. The third kappa shape index (κ3) is 3.74. The van der Waals surface area contributed by atoms with Gasteiger partial charge in [0.05, 0.1) is 5.01 Å². The molecule has 0 saturated heterocycles. The van der Waals surface area contributed by atoms with E-state index < -0.39 is 0 Å². The Morgan fingerprint density at radius 2 is 2.23 bits per heavy atom. The molecule has 0 radical (unpaired) electrons. The number of carbonyl (C=O) groups excluding carboxylic acids is 1. The SMILES string of the molecule is Cc1ccccc1[C@H]1C[C@H]1C(=O)NCCCCc1nccs1. The predicted molar refractivity (Wildman–Crippen MR) is 90.1 cm³/mol. The van der Waals surface area contributed by atoms with E-state index in [1.807, 2.05) is 11.6 Å². The Bertz CT molecular complexity index is 624. The fourth-order valence-corrected chi connectivity index (χ4v) is 3.61. The van der Waals surface area contributed by atoms with Gasteiger partial charge < -0.3 is 5.32 Å². The molecule has 3 rings (SSSR count). The molecular weight excluding hydrogens is 292 g/mol. The van der Waals surface area contributed by atoms with Crippen LogP contribution in [0.1, 0.15) is 41.3 Å². The minimum absolute atomic E-state index is 0.181. The lowest BCUT2D eigenvalue weighted by Gasteiger charge is -2.06. The van der Waals surface area contributed by atoms with E-state index in [1.165, 1.54) is 16.1 Å². The molecule has 116 valence electrons. The number of amides is 1. The number of rotatable bonds is 7. The second kappa shape index (κ2) is 7.05. The molecule has 1 aliphatic carbocycles. The summed E-state index contributed by atoms with van der Waals surface area (Å²) in [6.07, 6.45) is 5.96. The van der Waals surface area contributed by atoms with Gasteiger partial charge in [0.25, 0.3) is 0 Å². The van der Waals surface area contributed by atoms with E-state index in [4.69, 9.17) is 0 Å². The Balaban J connectivity index is 1.36. The molecule has 2 aromatic rings. The lowest BCUT2D eigenvalue weighted by atomic mass is 10.0. The van der Waals surface area contributed by atoms with Gasteiger partial charge in [-0.25, -0.2) is 4.98 Å². The van der Waals surface area contributed by atoms with Gasteiger partial charge in [-0.15, -0.1) is 11.3 Å². The molecule has 1 fully saturated rings. The lowest BCUT2D eigenvalue weighted by Crippen LogP contribution is -2.26. The number of hydrogen-bond donors (Lipinski definition) is 1. The lowest BCUT2D eigenvalue weighted by molar-refractivity contribution is -0.122. The summed E-state index contributed by atoms with van der Waals surface area (Å²) in [4.78, 5) is 16.4. The summed E-state index contributed by atoms with van der Waals surface area (Å²) in [5.41, 5.74) is 2.64. The molecular formula is C18H22N2OS. The molecule has 1 aliphatic rings. The number of benzene rings is 1. The maximum atomic E-state index is 12.2. The van der Waals surface area contributed by atoms with Crippen molar-refractivity contribution in [2.75, 3.05) is 6.54 Å². The van der Waals surface area contributed by atoms with Crippen LogP contribution in [0.2, 0.25) is 0 Å². The molecule has 1 N–H and O–H groups in total. The van der Waals surface area contributed by atoms with E-state index in [1.54, 1.807) is 11.3 Å². The zero-order chi connectivity index (χ0) is 15.4. The monoisotopic (exact) mass is 314 g/mol. The highest BCUT2D eigenvalue weighted by atomic mass is 32.1. The van der Waals surface area contributed by atoms with Crippen LogP contribution >= 0.6 is 11.3 Å². The third-order valence-electron chi connectivity index (χ3n) is 4.32. The number of unbranched alkanes of at least 4 members (excludes halogenated alkanes) is 1. The van der Waals surface area contributed by atoms with Crippen molar-refractivity contribution < 1.29 is 4.79 Å². The van der Waals surface area contributed by atoms with Crippen LogP contribution in [0.4, 0.5) is 0 Å². The molecule has 3 nitrogen and oxygen atoms in total. The Morgan fingerprint density at radius 1 is 1.36 bits per heavy atom. The van der Waals surface area contributed by atoms with Gasteiger partial charge in [0.2, 0.25) is 5.91 Å². The molecule has 0 spiro atoms. The van der Waals surface area contributed by atoms with Gasteiger partial charge in [0.1, 0.15) is 0 Å². The maximum absolute atomic E-state index is 12.2. The van der Waals surface area contributed by atoms with E-state index >= 15 is 0 Å². The van der Waals surface area contributed by atoms with Gasteiger partial charge >= 0.3 is 0 Å². The zero-order valence-corrected chi connectivity index (χ0v) is 13.7. The standard InChI is InChI=1S/C18H22N2OS/c1-13-6-2-3-7-14(13)15-12-16(15)18(21)20-9-5-4-8-17-19-10-11-22-17/h2-3,6-7,10-11,15-16H,4-5,8-9,12H2,1H3,(H,20,21)/t15-,16-/m1/s1. The molecule has 0 unspecified atom stereocenters. The number of hydrogen-bond acceptors (Lipinski definition) is 3. The fourth-order valence-electron chi connectivity index (χ4n) is 2.95. The van der Waals surface area contributed by atoms with Crippen molar-refractivity contribution in [1.29, 1.82) is 0 Å². The molecule has 1 saturated carbocycles. The smallest absolute Gasteiger partial charge is 0.223 e. The highest BCUT2D eigenvalue weighted by Crippen LogP contribution is 2.48. The summed E-state index contributed by atoms with van der Waals surface area (Å²) in [6.45, 7) is 2.91. The molecule has 1 amide bonds. The molecule has 1 aromatic carbocycles. The minimum atomic E-state index is 0.181. The topological polar surface area (TPSA) is 42.0 Å². The first kappa shape index (κ1) is 15.2. The van der Waals surface area contributed by atoms with E-state index in [-0.39, 0.29) is 11.8 Å². The van der Waals surface area contributed by atoms with Gasteiger partial charge in [-0.1, -0.05) is 24.3 Å². The van der Waals surface area contributed by atoms with E-state index in [9.17, 15) is 4.79 Å². The second-order valence-corrected chi connectivity index (χ2v) is 6.96. The predicted octanol–water partition coefficient (Wildman–Crippen LogP) is 3.69. The van der Waals surface area contributed by atoms with Crippen LogP contribution in [0, 0.1) is 12.8 Å². The quantitative estimate of drug-likeness (QED) is 0.792. The average molecular weight is 314 g/mol. The highest BCUT2D eigenvalue weighted by Gasteiger charge is 2.44. The minimum Gasteiger partial charge on any atom is -0.356 e. The maximum Gasteiger partial charge on any atom is 0.223 e. The van der Waals surface area contributed by atoms with Gasteiger partial charge in [-0.05, 0) is 49.7 Å². The van der Waals surface area contributed by atoms with Gasteiger partial charge in [0, 0.05) is 24.0 Å². The number of thiazole rings is 1. The van der Waals surface area contributed by atoms with Crippen LogP contribution in [0.3, 0.4) is 0 Å². The number of aryl methyl sites for hydroxylation is 2. The molecule has 22 heavy (non-hydrogen) atoms. The first-order valence-electron chi connectivity index (χ1n) is 7.97. The Labute approximate surface area is 135 Å². The molecule has 0 aliphatic heterocycles. The van der Waals surface area contributed by atoms with Crippen LogP contribution < -0.4 is 5.32 Å². The molecule has 1 heterocycles. The largest absolute Gasteiger partial charge is 0.356 e. The first-order chi connectivity index (χ1) is 10.8. The summed E-state index contributed by atoms with van der Waals surface area (Å²) in [7, 11) is 0. The molecule has 0 bridgehead atoms. The van der Waals surface area contributed by atoms with E-state index in [0.29, 0.717) is 5.92 Å². The molecule has 2 atom stereocenters. The number of nitrogens with one attached hydrogen (secondary N) is 1. The van der Waals surface area contributed by atoms with Crippen molar-refractivity contribution in [2.24, 2.45) is 5.92 Å². The van der Waals surface area contributed by atoms with Crippen molar-refractivity contribution in [3.63, 3.8) is 0 Å². The van der Waals surface area contributed by atoms with Gasteiger partial charge in [-0.2, -0.15) is 0 Å². The third-order valence-corrected chi connectivity index (χ3v) is 5.15. The summed E-state index contributed by atoms with van der Waals surface area (Å²) >= 11 is 1.70. The number of aromatic nitrogens is 1. The Morgan fingerprint density at radius 3 is 3.00 bits per heavy atom. The van der Waals surface area contributed by atoms with Crippen LogP contribution in [-0.2, 0) is 11.2 Å². The zero-order valence-electron chi connectivity index (χ0n) is 12.9. The van der Waals surface area contributed by atoms with Crippen molar-refractivity contribution >= 4 is 17.2 Å². The van der Waals surface area contributed by atoms with Gasteiger partial charge in [0.15, 0.2) is 0 Å². The van der Waals surface area contributed by atoms with E-state index in [2.05, 4.69) is 41.5 Å². The first-order valence-corrected chi connectivity index (χ1v) is 8.85. The highest BCUT2D eigenvalue weighted by molar-refractivity contribution is 7.09. The van der Waals surface area contributed by atoms with Crippen molar-refractivity contribution in [1.82, 2.24) is 10.3 Å². The van der Waals surface area contributed by atoms with Crippen LogP contribution in [0.5, 0.6) is 0 Å². The summed E-state index contributed by atoms with van der Waals surface area (Å²) < 4.78 is 0. The van der Waals surface area contributed by atoms with Crippen molar-refractivity contribution in [3.05, 3.63) is 52.0 Å². The van der Waals surface area contributed by atoms with Crippen molar-refractivity contribution in [2.45, 2.75) is 38.5 Å². The van der Waals surface area contributed by atoms with E-state index in [0.717, 1.165) is 32.2 Å². The van der Waals surface area contributed by atoms with Crippen LogP contribution in [0.15, 0.2) is 35.8 Å². The molecule has 1 aromatic heterocycles. The summed E-state index contributed by atoms with van der Waals surface area (Å²) in [6, 6.07) is 8.40. The Kier molecular flexibility index (Phi) is 4.88. The van der Waals surface area contributed by atoms with Gasteiger partial charge in [-0.3, -0.25) is 4.79 Å². The number of carbonyl (C=O) groups is 1. The van der Waals surface area contributed by atoms with Crippen molar-refractivity contribution in [3.8, 4) is 0 Å². The second-order valence-electron chi connectivity index (χ2n) is 5.98. The number of nitrogens with zero attached hydrogens (tertiary/aromatic N) is 1. The summed E-state index contributed by atoms with van der Waals surface area (Å²) in [5.74, 6) is 0.832. The normalized spacial score (nSPS) is 19.9. The average Bonchev–Trinajstić information content (AvgIpc) is 3.14. The molecule has 4 heteroatoms. The van der Waals surface area contributed by atoms with Crippen LogP contribution in [-0.4, -0.2) is 17.4 Å².